The third-order valence-corrected chi connectivity index (χ3v) is 3.86. The van der Waals surface area contributed by atoms with Crippen molar-refractivity contribution in [3.63, 3.8) is 0 Å². The number of carbonyl (C=O) groups is 1. The van der Waals surface area contributed by atoms with Gasteiger partial charge in [-0.15, -0.1) is 0 Å². The highest BCUT2D eigenvalue weighted by molar-refractivity contribution is 9.10. The van der Waals surface area contributed by atoms with Crippen molar-refractivity contribution in [3.05, 3.63) is 51.2 Å². The van der Waals surface area contributed by atoms with Crippen LogP contribution in [0, 0.1) is 5.82 Å². The molecule has 114 valence electrons. The first-order valence-corrected chi connectivity index (χ1v) is 7.57. The zero-order chi connectivity index (χ0) is 15.7. The van der Waals surface area contributed by atoms with Crippen LogP contribution in [-0.4, -0.2) is 19.1 Å². The highest BCUT2D eigenvalue weighted by Crippen LogP contribution is 2.38. The predicted molar refractivity (Wildman–Crippen MR) is 84.5 cm³/mol. The van der Waals surface area contributed by atoms with Gasteiger partial charge in [0.05, 0.1) is 16.3 Å². The Morgan fingerprint density at radius 3 is 2.55 bits per heavy atom. The zero-order valence-corrected chi connectivity index (χ0v) is 13.5. The number of fused-ring (bicyclic) bond motifs is 1. The lowest BCUT2D eigenvalue weighted by molar-refractivity contribution is 0.102. The van der Waals surface area contributed by atoms with Gasteiger partial charge in [-0.2, -0.15) is 0 Å². The Labute approximate surface area is 139 Å². The van der Waals surface area contributed by atoms with E-state index in [-0.39, 0.29) is 10.6 Å². The highest BCUT2D eigenvalue weighted by Gasteiger charge is 2.18. The molecular weight excluding hydrogens is 377 g/mol. The van der Waals surface area contributed by atoms with Crippen molar-refractivity contribution in [2.45, 2.75) is 0 Å². The van der Waals surface area contributed by atoms with E-state index in [4.69, 9.17) is 21.1 Å². The number of carbonyl (C=O) groups excluding carboxylic acids is 1. The average Bonchev–Trinajstić information content (AvgIpc) is 2.47. The molecule has 1 aliphatic heterocycles. The zero-order valence-electron chi connectivity index (χ0n) is 11.2. The number of ether oxygens (including phenoxy) is 2. The van der Waals surface area contributed by atoms with Gasteiger partial charge in [-0.25, -0.2) is 4.39 Å². The Hall–Kier alpha value is -1.79. The van der Waals surface area contributed by atoms with Crippen molar-refractivity contribution < 1.29 is 18.7 Å². The molecule has 0 saturated carbocycles. The fourth-order valence-corrected chi connectivity index (χ4v) is 2.56. The van der Waals surface area contributed by atoms with Crippen molar-refractivity contribution in [2.75, 3.05) is 18.5 Å². The van der Waals surface area contributed by atoms with E-state index in [2.05, 4.69) is 21.2 Å². The van der Waals surface area contributed by atoms with Crippen LogP contribution < -0.4 is 14.8 Å². The van der Waals surface area contributed by atoms with Crippen molar-refractivity contribution in [3.8, 4) is 11.5 Å². The first-order valence-electron chi connectivity index (χ1n) is 6.40. The second-order valence-electron chi connectivity index (χ2n) is 4.55. The molecular formula is C15H10BrClFNO3. The monoisotopic (exact) mass is 385 g/mol. The minimum absolute atomic E-state index is 0.0749. The lowest BCUT2D eigenvalue weighted by Crippen LogP contribution is -2.17. The Kier molecular flexibility index (Phi) is 4.22. The predicted octanol–water partition coefficient (Wildman–Crippen LogP) is 4.27. The minimum atomic E-state index is -0.624. The lowest BCUT2D eigenvalue weighted by Gasteiger charge is -2.20. The van der Waals surface area contributed by atoms with E-state index in [0.29, 0.717) is 34.9 Å². The van der Waals surface area contributed by atoms with Crippen LogP contribution in [0.5, 0.6) is 11.5 Å². The van der Waals surface area contributed by atoms with Crippen LogP contribution in [0.4, 0.5) is 10.1 Å². The normalized spacial score (nSPS) is 12.9. The van der Waals surface area contributed by atoms with Gasteiger partial charge in [0.2, 0.25) is 0 Å². The first-order chi connectivity index (χ1) is 10.5. The van der Waals surface area contributed by atoms with Gasteiger partial charge in [0.25, 0.3) is 5.91 Å². The van der Waals surface area contributed by atoms with Crippen molar-refractivity contribution >= 4 is 39.1 Å². The second-order valence-corrected chi connectivity index (χ2v) is 5.88. The smallest absolute Gasteiger partial charge is 0.258 e. The quantitative estimate of drug-likeness (QED) is 0.839. The molecule has 0 bridgehead atoms. The molecule has 22 heavy (non-hydrogen) atoms. The molecule has 0 radical (unpaired) electrons. The van der Waals surface area contributed by atoms with Crippen LogP contribution in [0.15, 0.2) is 34.8 Å². The van der Waals surface area contributed by atoms with Gasteiger partial charge in [0, 0.05) is 16.6 Å². The Balaban J connectivity index is 1.87. The third kappa shape index (κ3) is 3.03. The molecule has 2 aromatic carbocycles. The summed E-state index contributed by atoms with van der Waals surface area (Å²) in [6.07, 6.45) is 0. The molecule has 1 heterocycles. The molecule has 0 fully saturated rings. The van der Waals surface area contributed by atoms with Gasteiger partial charge in [0.1, 0.15) is 19.0 Å². The van der Waals surface area contributed by atoms with E-state index in [1.165, 1.54) is 12.1 Å². The molecule has 4 nitrogen and oxygen atoms in total. The number of amides is 1. The van der Waals surface area contributed by atoms with E-state index in [1.807, 2.05) is 0 Å². The maximum absolute atomic E-state index is 13.8. The summed E-state index contributed by atoms with van der Waals surface area (Å²) >= 11 is 9.25. The van der Waals surface area contributed by atoms with Crippen LogP contribution >= 0.6 is 27.5 Å². The molecule has 0 unspecified atom stereocenters. The Bertz CT molecular complexity index is 754. The van der Waals surface area contributed by atoms with Crippen LogP contribution in [0.25, 0.3) is 0 Å². The summed E-state index contributed by atoms with van der Waals surface area (Å²) in [5, 5.41) is 2.86. The molecule has 3 rings (SSSR count). The molecule has 2 aromatic rings. The average molecular weight is 387 g/mol. The molecule has 1 amide bonds. The third-order valence-electron chi connectivity index (χ3n) is 3.06. The van der Waals surface area contributed by atoms with Gasteiger partial charge >= 0.3 is 0 Å². The Morgan fingerprint density at radius 1 is 1.18 bits per heavy atom. The molecule has 0 saturated heterocycles. The molecule has 0 atom stereocenters. The van der Waals surface area contributed by atoms with Crippen LogP contribution in [0.3, 0.4) is 0 Å². The highest BCUT2D eigenvalue weighted by atomic mass is 79.9. The minimum Gasteiger partial charge on any atom is -0.486 e. The maximum atomic E-state index is 13.8. The summed E-state index contributed by atoms with van der Waals surface area (Å²) in [5.41, 5.74) is 0.257. The summed E-state index contributed by atoms with van der Waals surface area (Å²) in [6, 6.07) is 7.32. The summed E-state index contributed by atoms with van der Waals surface area (Å²) in [4.78, 5) is 12.2. The van der Waals surface area contributed by atoms with E-state index >= 15 is 0 Å². The van der Waals surface area contributed by atoms with Gasteiger partial charge in [-0.1, -0.05) is 27.5 Å². The molecule has 0 spiro atoms. The van der Waals surface area contributed by atoms with Crippen molar-refractivity contribution in [1.82, 2.24) is 0 Å². The first kappa shape index (κ1) is 15.1. The second kappa shape index (κ2) is 6.14. The van der Waals surface area contributed by atoms with E-state index in [9.17, 15) is 9.18 Å². The summed E-state index contributed by atoms with van der Waals surface area (Å²) in [5.74, 6) is -0.213. The van der Waals surface area contributed by atoms with Crippen LogP contribution in [-0.2, 0) is 0 Å². The SMILES string of the molecule is O=C(Nc1cc2c(cc1Cl)OCCO2)c1ccc(Br)cc1F. The molecule has 0 aromatic heterocycles. The van der Waals surface area contributed by atoms with E-state index < -0.39 is 11.7 Å². The topological polar surface area (TPSA) is 47.6 Å². The number of anilines is 1. The fraction of sp³-hybridized carbons (Fsp3) is 0.133. The number of halogens is 3. The van der Waals surface area contributed by atoms with Crippen molar-refractivity contribution in [1.29, 1.82) is 0 Å². The number of benzene rings is 2. The number of nitrogens with one attached hydrogen (secondary N) is 1. The lowest BCUT2D eigenvalue weighted by atomic mass is 10.2. The number of hydrogen-bond acceptors (Lipinski definition) is 3. The van der Waals surface area contributed by atoms with Crippen LogP contribution in [0.1, 0.15) is 10.4 Å². The Morgan fingerprint density at radius 2 is 1.86 bits per heavy atom. The van der Waals surface area contributed by atoms with E-state index in [0.717, 1.165) is 0 Å². The molecule has 7 heteroatoms. The standard InChI is InChI=1S/C15H10BrClFNO3/c16-8-1-2-9(11(18)5-8)15(20)19-12-7-14-13(6-10(12)17)21-3-4-22-14/h1-2,5-7H,3-4H2,(H,19,20). The number of hydrogen-bond donors (Lipinski definition) is 1. The maximum Gasteiger partial charge on any atom is 0.258 e. The van der Waals surface area contributed by atoms with Gasteiger partial charge in [0.15, 0.2) is 11.5 Å². The largest absolute Gasteiger partial charge is 0.486 e. The van der Waals surface area contributed by atoms with Gasteiger partial charge in [-0.05, 0) is 18.2 Å². The van der Waals surface area contributed by atoms with Crippen LogP contribution in [0.2, 0.25) is 5.02 Å². The summed E-state index contributed by atoms with van der Waals surface area (Å²) in [7, 11) is 0. The fourth-order valence-electron chi connectivity index (χ4n) is 2.02. The molecule has 0 aliphatic carbocycles. The summed E-state index contributed by atoms with van der Waals surface area (Å²) < 4.78 is 25.2. The molecule has 1 N–H and O–H groups in total. The summed E-state index contributed by atoms with van der Waals surface area (Å²) in [6.45, 7) is 0.864. The molecule has 1 aliphatic rings. The van der Waals surface area contributed by atoms with E-state index in [1.54, 1.807) is 18.2 Å². The van der Waals surface area contributed by atoms with Gasteiger partial charge in [-0.3, -0.25) is 4.79 Å². The number of rotatable bonds is 2. The van der Waals surface area contributed by atoms with Crippen molar-refractivity contribution in [2.24, 2.45) is 0 Å². The van der Waals surface area contributed by atoms with Gasteiger partial charge < -0.3 is 14.8 Å².